The number of aryl methyl sites for hydroxylation is 1. The molecule has 1 unspecified atom stereocenters. The summed E-state index contributed by atoms with van der Waals surface area (Å²) in [5, 5.41) is 14.3. The van der Waals surface area contributed by atoms with Gasteiger partial charge in [-0.05, 0) is 38.6 Å². The number of hydrogen-bond acceptors (Lipinski definition) is 4. The van der Waals surface area contributed by atoms with Crippen LogP contribution in [0.1, 0.15) is 26.3 Å². The first kappa shape index (κ1) is 15.4. The van der Waals surface area contributed by atoms with Crippen molar-refractivity contribution in [2.24, 2.45) is 0 Å². The lowest BCUT2D eigenvalue weighted by molar-refractivity contribution is -0.384. The average molecular weight is 265 g/mol. The molecular weight excluding hydrogens is 242 g/mol. The topological polar surface area (TPSA) is 58.4 Å². The Labute approximate surface area is 114 Å². The number of nitrogens with zero attached hydrogens (tertiary/aromatic N) is 2. The van der Waals surface area contributed by atoms with Gasteiger partial charge in [0.15, 0.2) is 0 Å². The third-order valence-electron chi connectivity index (χ3n) is 3.18. The first-order valence-electron chi connectivity index (χ1n) is 6.71. The van der Waals surface area contributed by atoms with E-state index in [9.17, 15) is 10.1 Å². The monoisotopic (exact) mass is 265 g/mol. The van der Waals surface area contributed by atoms with E-state index in [1.54, 1.807) is 12.1 Å². The van der Waals surface area contributed by atoms with Crippen LogP contribution >= 0.6 is 0 Å². The molecule has 0 saturated heterocycles. The number of likely N-dealkylation sites (N-methyl/N-ethyl adjacent to an activating group) is 1. The van der Waals surface area contributed by atoms with E-state index in [0.29, 0.717) is 5.69 Å². The second-order valence-corrected chi connectivity index (χ2v) is 4.81. The van der Waals surface area contributed by atoms with Gasteiger partial charge in [0.05, 0.1) is 4.92 Å². The molecule has 5 heteroatoms. The van der Waals surface area contributed by atoms with Gasteiger partial charge >= 0.3 is 0 Å². The highest BCUT2D eigenvalue weighted by Gasteiger charge is 2.16. The Morgan fingerprint density at radius 2 is 2.00 bits per heavy atom. The molecule has 5 nitrogen and oxygen atoms in total. The minimum absolute atomic E-state index is 0.145. The van der Waals surface area contributed by atoms with Gasteiger partial charge in [0, 0.05) is 18.7 Å². The highest BCUT2D eigenvalue weighted by Crippen LogP contribution is 2.25. The Kier molecular flexibility index (Phi) is 5.76. The Hall–Kier alpha value is -1.62. The van der Waals surface area contributed by atoms with Crippen LogP contribution in [0.4, 0.5) is 11.4 Å². The first-order chi connectivity index (χ1) is 8.97. The maximum atomic E-state index is 11.0. The van der Waals surface area contributed by atoms with Crippen molar-refractivity contribution >= 4 is 11.4 Å². The molecule has 19 heavy (non-hydrogen) atoms. The lowest BCUT2D eigenvalue weighted by Crippen LogP contribution is -2.34. The molecule has 0 heterocycles. The van der Waals surface area contributed by atoms with Crippen LogP contribution in [-0.4, -0.2) is 35.5 Å². The summed E-state index contributed by atoms with van der Waals surface area (Å²) in [6.45, 7) is 11.0. The number of nitro groups is 1. The van der Waals surface area contributed by atoms with Crippen LogP contribution in [0.25, 0.3) is 0 Å². The molecule has 0 spiro atoms. The fourth-order valence-electron chi connectivity index (χ4n) is 2.09. The Morgan fingerprint density at radius 1 is 1.37 bits per heavy atom. The van der Waals surface area contributed by atoms with E-state index in [0.717, 1.165) is 25.2 Å². The zero-order valence-corrected chi connectivity index (χ0v) is 12.1. The summed E-state index contributed by atoms with van der Waals surface area (Å²) in [6, 6.07) is 5.44. The average Bonchev–Trinajstić information content (AvgIpc) is 2.37. The molecule has 0 bridgehead atoms. The standard InChI is InChI=1S/C14H23N3O2/c1-5-16(6-2)10-12(4)15-13-8-7-11(3)9-14(13)17(18)19/h7-9,12,15H,5-6,10H2,1-4H3. The van der Waals surface area contributed by atoms with Gasteiger partial charge in [0.1, 0.15) is 5.69 Å². The van der Waals surface area contributed by atoms with E-state index in [-0.39, 0.29) is 16.7 Å². The highest BCUT2D eigenvalue weighted by molar-refractivity contribution is 5.62. The lowest BCUT2D eigenvalue weighted by Gasteiger charge is -2.24. The van der Waals surface area contributed by atoms with Crippen molar-refractivity contribution < 1.29 is 4.92 Å². The molecule has 1 atom stereocenters. The molecule has 0 amide bonds. The molecular formula is C14H23N3O2. The molecule has 0 radical (unpaired) electrons. The van der Waals surface area contributed by atoms with E-state index < -0.39 is 0 Å². The summed E-state index contributed by atoms with van der Waals surface area (Å²) in [4.78, 5) is 13.0. The maximum Gasteiger partial charge on any atom is 0.292 e. The molecule has 0 aromatic heterocycles. The Morgan fingerprint density at radius 3 is 2.53 bits per heavy atom. The predicted octanol–water partition coefficient (Wildman–Crippen LogP) is 3.05. The normalized spacial score (nSPS) is 12.5. The van der Waals surface area contributed by atoms with Crippen molar-refractivity contribution in [3.8, 4) is 0 Å². The van der Waals surface area contributed by atoms with Crippen LogP contribution in [0.15, 0.2) is 18.2 Å². The van der Waals surface area contributed by atoms with Crippen LogP contribution in [0, 0.1) is 17.0 Å². The summed E-state index contributed by atoms with van der Waals surface area (Å²) < 4.78 is 0. The molecule has 1 aromatic rings. The van der Waals surface area contributed by atoms with Gasteiger partial charge in [-0.2, -0.15) is 0 Å². The third-order valence-corrected chi connectivity index (χ3v) is 3.18. The van der Waals surface area contributed by atoms with Crippen LogP contribution in [0.5, 0.6) is 0 Å². The zero-order chi connectivity index (χ0) is 14.4. The van der Waals surface area contributed by atoms with Crippen LogP contribution in [0.3, 0.4) is 0 Å². The first-order valence-corrected chi connectivity index (χ1v) is 6.71. The highest BCUT2D eigenvalue weighted by atomic mass is 16.6. The van der Waals surface area contributed by atoms with Crippen molar-refractivity contribution in [3.05, 3.63) is 33.9 Å². The third kappa shape index (κ3) is 4.52. The lowest BCUT2D eigenvalue weighted by atomic mass is 10.1. The fraction of sp³-hybridized carbons (Fsp3) is 0.571. The molecule has 0 aliphatic carbocycles. The van der Waals surface area contributed by atoms with Gasteiger partial charge in [0.25, 0.3) is 5.69 Å². The largest absolute Gasteiger partial charge is 0.376 e. The summed E-state index contributed by atoms with van der Waals surface area (Å²) >= 11 is 0. The van der Waals surface area contributed by atoms with Crippen molar-refractivity contribution in [3.63, 3.8) is 0 Å². The predicted molar refractivity (Wildman–Crippen MR) is 78.7 cm³/mol. The quantitative estimate of drug-likeness (QED) is 0.608. The van der Waals surface area contributed by atoms with Gasteiger partial charge in [-0.1, -0.05) is 19.9 Å². The number of nitrogens with one attached hydrogen (secondary N) is 1. The summed E-state index contributed by atoms with van der Waals surface area (Å²) in [6.07, 6.45) is 0. The zero-order valence-electron chi connectivity index (χ0n) is 12.1. The van der Waals surface area contributed by atoms with Crippen molar-refractivity contribution in [2.75, 3.05) is 25.0 Å². The number of rotatable bonds is 7. The number of nitro benzene ring substituents is 1. The van der Waals surface area contributed by atoms with E-state index in [2.05, 4.69) is 24.1 Å². The van der Waals surface area contributed by atoms with E-state index >= 15 is 0 Å². The molecule has 0 fully saturated rings. The maximum absolute atomic E-state index is 11.0. The van der Waals surface area contributed by atoms with Gasteiger partial charge in [0.2, 0.25) is 0 Å². The molecule has 1 aromatic carbocycles. The molecule has 1 rings (SSSR count). The van der Waals surface area contributed by atoms with Crippen LogP contribution in [0.2, 0.25) is 0 Å². The number of anilines is 1. The summed E-state index contributed by atoms with van der Waals surface area (Å²) in [7, 11) is 0. The SMILES string of the molecule is CCN(CC)CC(C)Nc1ccc(C)cc1[N+](=O)[O-]. The van der Waals surface area contributed by atoms with Crippen molar-refractivity contribution in [2.45, 2.75) is 33.7 Å². The molecule has 0 aliphatic heterocycles. The van der Waals surface area contributed by atoms with Gasteiger partial charge < -0.3 is 10.2 Å². The smallest absolute Gasteiger partial charge is 0.292 e. The summed E-state index contributed by atoms with van der Waals surface area (Å²) in [5.41, 5.74) is 1.63. The molecule has 106 valence electrons. The van der Waals surface area contributed by atoms with Crippen molar-refractivity contribution in [1.82, 2.24) is 4.90 Å². The van der Waals surface area contributed by atoms with E-state index in [4.69, 9.17) is 0 Å². The van der Waals surface area contributed by atoms with Gasteiger partial charge in [-0.15, -0.1) is 0 Å². The van der Waals surface area contributed by atoms with E-state index in [1.165, 1.54) is 0 Å². The minimum Gasteiger partial charge on any atom is -0.376 e. The summed E-state index contributed by atoms with van der Waals surface area (Å²) in [5.74, 6) is 0. The van der Waals surface area contributed by atoms with Gasteiger partial charge in [-0.3, -0.25) is 10.1 Å². The Balaban J connectivity index is 2.78. The molecule has 0 aliphatic rings. The fourth-order valence-corrected chi connectivity index (χ4v) is 2.09. The molecule has 0 saturated carbocycles. The number of hydrogen-bond donors (Lipinski definition) is 1. The van der Waals surface area contributed by atoms with Gasteiger partial charge in [-0.25, -0.2) is 0 Å². The minimum atomic E-state index is -0.334. The van der Waals surface area contributed by atoms with Crippen LogP contribution < -0.4 is 5.32 Å². The van der Waals surface area contributed by atoms with Crippen molar-refractivity contribution in [1.29, 1.82) is 0 Å². The van der Waals surface area contributed by atoms with Crippen LogP contribution in [-0.2, 0) is 0 Å². The second-order valence-electron chi connectivity index (χ2n) is 4.81. The Bertz CT molecular complexity index is 431. The van der Waals surface area contributed by atoms with E-state index in [1.807, 2.05) is 19.9 Å². The number of benzene rings is 1. The molecule has 1 N–H and O–H groups in total. The second kappa shape index (κ2) is 7.09.